The normalized spacial score (nSPS) is 35.7. The molecule has 3 rings (SSSR count). The monoisotopic (exact) mass is 323 g/mol. The predicted octanol–water partition coefficient (Wildman–Crippen LogP) is -0.848. The van der Waals surface area contributed by atoms with Crippen LogP contribution in [0.2, 0.25) is 0 Å². The Morgan fingerprint density at radius 2 is 1.96 bits per heavy atom. The lowest BCUT2D eigenvalue weighted by molar-refractivity contribution is -0.134. The van der Waals surface area contributed by atoms with Crippen LogP contribution >= 0.6 is 0 Å². The van der Waals surface area contributed by atoms with Gasteiger partial charge in [-0.1, -0.05) is 0 Å². The minimum Gasteiger partial charge on any atom is -0.395 e. The van der Waals surface area contributed by atoms with E-state index in [4.69, 9.17) is 5.11 Å². The third-order valence-electron chi connectivity index (χ3n) is 5.56. The fourth-order valence-corrected chi connectivity index (χ4v) is 4.46. The van der Waals surface area contributed by atoms with Crippen molar-refractivity contribution in [2.45, 2.75) is 38.1 Å². The van der Waals surface area contributed by atoms with Crippen molar-refractivity contribution in [3.05, 3.63) is 0 Å². The largest absolute Gasteiger partial charge is 0.395 e. The van der Waals surface area contributed by atoms with Gasteiger partial charge in [-0.05, 0) is 37.5 Å². The first-order chi connectivity index (χ1) is 11.1. The van der Waals surface area contributed by atoms with Crippen LogP contribution in [0.5, 0.6) is 0 Å². The van der Waals surface area contributed by atoms with Gasteiger partial charge in [0.1, 0.15) is 0 Å². The maximum atomic E-state index is 12.5. The maximum Gasteiger partial charge on any atom is 0.225 e. The average molecular weight is 323 g/mol. The number of rotatable bonds is 5. The molecule has 2 aliphatic carbocycles. The molecule has 1 heterocycles. The molecule has 1 saturated heterocycles. The second-order valence-corrected chi connectivity index (χ2v) is 6.95. The zero-order valence-corrected chi connectivity index (χ0v) is 13.2. The van der Waals surface area contributed by atoms with Gasteiger partial charge in [-0.2, -0.15) is 0 Å². The van der Waals surface area contributed by atoms with Crippen molar-refractivity contribution in [2.75, 3.05) is 19.7 Å². The molecular weight excluding hydrogens is 298 g/mol. The summed E-state index contributed by atoms with van der Waals surface area (Å²) < 4.78 is 0. The third kappa shape index (κ3) is 3.34. The second kappa shape index (κ2) is 6.86. The summed E-state index contributed by atoms with van der Waals surface area (Å²) in [7, 11) is 0. The summed E-state index contributed by atoms with van der Waals surface area (Å²) in [6.07, 6.45) is 3.94. The number of amides is 3. The lowest BCUT2D eigenvalue weighted by atomic mass is 9.83. The molecule has 3 amide bonds. The molecule has 7 nitrogen and oxygen atoms in total. The van der Waals surface area contributed by atoms with E-state index in [1.54, 1.807) is 0 Å². The van der Waals surface area contributed by atoms with Gasteiger partial charge in [0.2, 0.25) is 17.7 Å². The first-order valence-corrected chi connectivity index (χ1v) is 8.55. The predicted molar refractivity (Wildman–Crippen MR) is 82.1 cm³/mol. The highest BCUT2D eigenvalue weighted by Crippen LogP contribution is 2.48. The number of piperidine rings is 1. The van der Waals surface area contributed by atoms with Crippen LogP contribution < -0.4 is 16.0 Å². The van der Waals surface area contributed by atoms with Crippen molar-refractivity contribution < 1.29 is 19.5 Å². The molecule has 0 spiro atoms. The Morgan fingerprint density at radius 3 is 2.70 bits per heavy atom. The first-order valence-electron chi connectivity index (χ1n) is 8.55. The van der Waals surface area contributed by atoms with E-state index >= 15 is 0 Å². The molecule has 0 aromatic heterocycles. The van der Waals surface area contributed by atoms with Gasteiger partial charge in [0.25, 0.3) is 0 Å². The van der Waals surface area contributed by atoms with Crippen molar-refractivity contribution in [1.29, 1.82) is 0 Å². The molecule has 1 aliphatic heterocycles. The highest BCUT2D eigenvalue weighted by atomic mass is 16.3. The fraction of sp³-hybridized carbons (Fsp3) is 0.812. The summed E-state index contributed by atoms with van der Waals surface area (Å²) in [5.41, 5.74) is 0. The van der Waals surface area contributed by atoms with Gasteiger partial charge >= 0.3 is 0 Å². The smallest absolute Gasteiger partial charge is 0.225 e. The van der Waals surface area contributed by atoms with Crippen molar-refractivity contribution in [2.24, 2.45) is 23.7 Å². The Balaban J connectivity index is 1.63. The van der Waals surface area contributed by atoms with Crippen LogP contribution in [-0.2, 0) is 14.4 Å². The molecule has 4 N–H and O–H groups in total. The summed E-state index contributed by atoms with van der Waals surface area (Å²) in [6.45, 7) is 0.699. The van der Waals surface area contributed by atoms with E-state index in [1.807, 2.05) is 0 Å². The van der Waals surface area contributed by atoms with E-state index < -0.39 is 0 Å². The van der Waals surface area contributed by atoms with E-state index in [1.165, 1.54) is 0 Å². The molecule has 0 radical (unpaired) electrons. The lowest BCUT2D eigenvalue weighted by Gasteiger charge is -2.32. The number of hydrogen-bond acceptors (Lipinski definition) is 4. The summed E-state index contributed by atoms with van der Waals surface area (Å²) in [5, 5.41) is 17.4. The number of aliphatic hydroxyl groups is 1. The molecule has 1 unspecified atom stereocenters. The van der Waals surface area contributed by atoms with Gasteiger partial charge in [-0.3, -0.25) is 14.4 Å². The summed E-state index contributed by atoms with van der Waals surface area (Å²) in [4.78, 5) is 36.3. The van der Waals surface area contributed by atoms with Crippen molar-refractivity contribution in [3.8, 4) is 0 Å². The molecule has 23 heavy (non-hydrogen) atoms. The van der Waals surface area contributed by atoms with Crippen LogP contribution in [0, 0.1) is 23.7 Å². The minimum absolute atomic E-state index is 0.0714. The molecule has 3 fully saturated rings. The van der Waals surface area contributed by atoms with Crippen LogP contribution in [0.3, 0.4) is 0 Å². The van der Waals surface area contributed by atoms with E-state index in [0.717, 1.165) is 19.3 Å². The number of hydrogen-bond donors (Lipinski definition) is 4. The topological polar surface area (TPSA) is 108 Å². The van der Waals surface area contributed by atoms with Crippen LogP contribution in [0.4, 0.5) is 0 Å². The Bertz CT molecular complexity index is 496. The Morgan fingerprint density at radius 1 is 1.17 bits per heavy atom. The number of carbonyl (C=O) groups is 3. The number of aliphatic hydroxyl groups excluding tert-OH is 1. The molecule has 3 aliphatic rings. The third-order valence-corrected chi connectivity index (χ3v) is 5.56. The van der Waals surface area contributed by atoms with Crippen molar-refractivity contribution in [1.82, 2.24) is 16.0 Å². The van der Waals surface area contributed by atoms with Crippen molar-refractivity contribution in [3.63, 3.8) is 0 Å². The Labute approximate surface area is 135 Å². The molecular formula is C16H25N3O4. The molecule has 128 valence electrons. The molecule has 2 saturated carbocycles. The summed E-state index contributed by atoms with van der Waals surface area (Å²) in [6, 6.07) is -0.134. The number of carbonyl (C=O) groups excluding carboxylic acids is 3. The molecule has 7 heteroatoms. The quantitative estimate of drug-likeness (QED) is 0.529. The molecule has 0 aromatic rings. The van der Waals surface area contributed by atoms with E-state index in [9.17, 15) is 14.4 Å². The summed E-state index contributed by atoms with van der Waals surface area (Å²) in [5.74, 6) is -0.0764. The van der Waals surface area contributed by atoms with Crippen LogP contribution in [0.1, 0.15) is 32.1 Å². The molecule has 5 atom stereocenters. The number of nitrogens with one attached hydrogen (secondary N) is 3. The Kier molecular flexibility index (Phi) is 4.84. The van der Waals surface area contributed by atoms with Crippen LogP contribution in [0.25, 0.3) is 0 Å². The zero-order valence-electron chi connectivity index (χ0n) is 13.2. The van der Waals surface area contributed by atoms with Crippen LogP contribution in [-0.4, -0.2) is 48.6 Å². The summed E-state index contributed by atoms with van der Waals surface area (Å²) >= 11 is 0. The average Bonchev–Trinajstić information content (AvgIpc) is 3.14. The highest BCUT2D eigenvalue weighted by Gasteiger charge is 2.51. The van der Waals surface area contributed by atoms with E-state index in [2.05, 4.69) is 16.0 Å². The fourth-order valence-electron chi connectivity index (χ4n) is 4.46. The molecule has 0 aromatic carbocycles. The zero-order chi connectivity index (χ0) is 16.4. The minimum atomic E-state index is -0.288. The maximum absolute atomic E-state index is 12.5. The molecule has 2 bridgehead atoms. The van der Waals surface area contributed by atoms with Gasteiger partial charge in [0.15, 0.2) is 0 Å². The van der Waals surface area contributed by atoms with E-state index in [0.29, 0.717) is 24.8 Å². The highest BCUT2D eigenvalue weighted by molar-refractivity contribution is 5.88. The van der Waals surface area contributed by atoms with Gasteiger partial charge in [-0.15, -0.1) is 0 Å². The van der Waals surface area contributed by atoms with Gasteiger partial charge in [0, 0.05) is 31.5 Å². The van der Waals surface area contributed by atoms with E-state index in [-0.39, 0.29) is 55.2 Å². The van der Waals surface area contributed by atoms with Crippen molar-refractivity contribution >= 4 is 17.7 Å². The van der Waals surface area contributed by atoms with Crippen LogP contribution in [0.15, 0.2) is 0 Å². The van der Waals surface area contributed by atoms with Gasteiger partial charge in [-0.25, -0.2) is 0 Å². The Hall–Kier alpha value is -1.63. The lowest BCUT2D eigenvalue weighted by Crippen LogP contribution is -2.52. The van der Waals surface area contributed by atoms with Gasteiger partial charge < -0.3 is 21.1 Å². The number of fused-ring (bicyclic) bond motifs is 2. The standard InChI is InChI=1S/C16H25N3O4/c20-6-5-18-16(23)13-9-1-2-10(7-9)14(13)19-15(22)11-3-4-17-12(21)8-11/h9-11,13-14,20H,1-8H2,(H,17,21)(H,18,23)(H,19,22)/t9-,10+,11?,13+,14+/m0/s1. The van der Waals surface area contributed by atoms with Gasteiger partial charge in [0.05, 0.1) is 12.5 Å². The SMILES string of the molecule is O=C1CC(C(=O)N[C@@H]2[C@@H]3CC[C@@H](C3)[C@H]2C(=O)NCCO)CCN1. The second-order valence-electron chi connectivity index (χ2n) is 6.95. The first kappa shape index (κ1) is 16.2.